The lowest BCUT2D eigenvalue weighted by Crippen LogP contribution is -2.28. The first-order valence-electron chi connectivity index (χ1n) is 4.09. The summed E-state index contributed by atoms with van der Waals surface area (Å²) >= 11 is 5.72. The molecule has 0 bridgehead atoms. The highest BCUT2D eigenvalue weighted by Gasteiger charge is 1.99. The molecule has 80 valence electrons. The minimum absolute atomic E-state index is 0.234. The minimum atomic E-state index is -0.440. The highest BCUT2D eigenvalue weighted by atomic mass is 35.5. The van der Waals surface area contributed by atoms with E-state index in [1.165, 1.54) is 31.5 Å². The molecule has 0 radical (unpaired) electrons. The van der Waals surface area contributed by atoms with Gasteiger partial charge in [-0.15, -0.1) is 0 Å². The lowest BCUT2D eigenvalue weighted by molar-refractivity contribution is 0.243. The Morgan fingerprint density at radius 3 is 2.93 bits per heavy atom. The standard InChI is InChI=1S/C9H9ClFN3O/c1-12-9(15)14-13-5-6-2-3-7(11)4-8(6)10/h2-5H,1H3,(H2,12,14,15)/b13-5+. The van der Waals surface area contributed by atoms with E-state index >= 15 is 0 Å². The molecule has 0 spiro atoms. The van der Waals surface area contributed by atoms with E-state index in [4.69, 9.17) is 11.6 Å². The van der Waals surface area contributed by atoms with Crippen LogP contribution in [-0.2, 0) is 0 Å². The van der Waals surface area contributed by atoms with Gasteiger partial charge in [-0.3, -0.25) is 0 Å². The van der Waals surface area contributed by atoms with E-state index in [0.717, 1.165) is 0 Å². The molecule has 0 aromatic heterocycles. The zero-order valence-corrected chi connectivity index (χ0v) is 8.68. The maximum atomic E-state index is 12.6. The van der Waals surface area contributed by atoms with Crippen LogP contribution in [-0.4, -0.2) is 19.3 Å². The summed E-state index contributed by atoms with van der Waals surface area (Å²) in [5, 5.41) is 6.16. The Balaban J connectivity index is 2.68. The fraction of sp³-hybridized carbons (Fsp3) is 0.111. The summed E-state index contributed by atoms with van der Waals surface area (Å²) in [7, 11) is 1.47. The summed E-state index contributed by atoms with van der Waals surface area (Å²) in [6.45, 7) is 0. The van der Waals surface area contributed by atoms with E-state index in [1.807, 2.05) is 0 Å². The molecule has 2 amide bonds. The maximum Gasteiger partial charge on any atom is 0.334 e. The van der Waals surface area contributed by atoms with Crippen molar-refractivity contribution in [2.24, 2.45) is 5.10 Å². The third-order valence-corrected chi connectivity index (χ3v) is 1.89. The Kier molecular flexibility index (Phi) is 4.05. The van der Waals surface area contributed by atoms with Gasteiger partial charge >= 0.3 is 6.03 Å². The van der Waals surface area contributed by atoms with Crippen LogP contribution in [0.15, 0.2) is 23.3 Å². The lowest BCUT2D eigenvalue weighted by Gasteiger charge is -1.98. The van der Waals surface area contributed by atoms with Gasteiger partial charge < -0.3 is 5.32 Å². The van der Waals surface area contributed by atoms with Crippen molar-refractivity contribution in [2.75, 3.05) is 7.05 Å². The van der Waals surface area contributed by atoms with Crippen LogP contribution in [0.5, 0.6) is 0 Å². The average Bonchev–Trinajstić information content (AvgIpc) is 2.21. The van der Waals surface area contributed by atoms with Crippen LogP contribution < -0.4 is 10.7 Å². The van der Waals surface area contributed by atoms with Gasteiger partial charge in [-0.1, -0.05) is 11.6 Å². The fourth-order valence-corrected chi connectivity index (χ4v) is 1.04. The van der Waals surface area contributed by atoms with Crippen LogP contribution in [0.25, 0.3) is 0 Å². The van der Waals surface area contributed by atoms with E-state index in [-0.39, 0.29) is 5.02 Å². The molecule has 1 rings (SSSR count). The summed E-state index contributed by atoms with van der Waals surface area (Å²) in [5.41, 5.74) is 2.71. The molecule has 0 saturated heterocycles. The molecule has 0 aliphatic carbocycles. The molecule has 0 atom stereocenters. The summed E-state index contributed by atoms with van der Waals surface area (Å²) < 4.78 is 12.6. The summed E-state index contributed by atoms with van der Waals surface area (Å²) in [5.74, 6) is -0.420. The van der Waals surface area contributed by atoms with Gasteiger partial charge in [0.05, 0.1) is 11.2 Å². The summed E-state index contributed by atoms with van der Waals surface area (Å²) in [6, 6.07) is 3.45. The number of urea groups is 1. The van der Waals surface area contributed by atoms with Crippen molar-refractivity contribution in [1.82, 2.24) is 10.7 Å². The van der Waals surface area contributed by atoms with Crippen molar-refractivity contribution in [1.29, 1.82) is 0 Å². The smallest absolute Gasteiger partial charge is 0.334 e. The molecule has 0 fully saturated rings. The number of carbonyl (C=O) groups excluding carboxylic acids is 1. The molecular formula is C9H9ClFN3O. The SMILES string of the molecule is CNC(=O)N/N=C/c1ccc(F)cc1Cl. The number of nitrogens with one attached hydrogen (secondary N) is 2. The molecule has 15 heavy (non-hydrogen) atoms. The number of benzene rings is 1. The third kappa shape index (κ3) is 3.55. The Morgan fingerprint density at radius 2 is 2.33 bits per heavy atom. The number of hydrogen-bond acceptors (Lipinski definition) is 2. The molecule has 1 aromatic rings. The second-order valence-electron chi connectivity index (χ2n) is 2.61. The van der Waals surface area contributed by atoms with E-state index in [2.05, 4.69) is 15.8 Å². The molecule has 1 aromatic carbocycles. The number of amides is 2. The Bertz CT molecular complexity index is 395. The molecule has 4 nitrogen and oxygen atoms in total. The van der Waals surface area contributed by atoms with Crippen molar-refractivity contribution >= 4 is 23.8 Å². The Hall–Kier alpha value is -1.62. The number of rotatable bonds is 2. The van der Waals surface area contributed by atoms with E-state index in [9.17, 15) is 9.18 Å². The van der Waals surface area contributed by atoms with Gasteiger partial charge in [0.15, 0.2) is 0 Å². The predicted octanol–water partition coefficient (Wildman–Crippen LogP) is 1.74. The number of hydrogen-bond donors (Lipinski definition) is 2. The van der Waals surface area contributed by atoms with E-state index in [1.54, 1.807) is 0 Å². The molecule has 0 aliphatic rings. The normalized spacial score (nSPS) is 10.3. The van der Waals surface area contributed by atoms with Crippen molar-refractivity contribution in [2.45, 2.75) is 0 Å². The molecule has 6 heteroatoms. The molecule has 0 aliphatic heterocycles. The largest absolute Gasteiger partial charge is 0.340 e. The van der Waals surface area contributed by atoms with Gasteiger partial charge in [-0.05, 0) is 18.2 Å². The molecule has 0 unspecified atom stereocenters. The van der Waals surface area contributed by atoms with Crippen LogP contribution in [0.2, 0.25) is 5.02 Å². The van der Waals surface area contributed by atoms with Crippen molar-refractivity contribution in [3.63, 3.8) is 0 Å². The third-order valence-electron chi connectivity index (χ3n) is 1.56. The lowest BCUT2D eigenvalue weighted by atomic mass is 10.2. The first-order valence-corrected chi connectivity index (χ1v) is 4.47. The van der Waals surface area contributed by atoms with Gasteiger partial charge in [-0.25, -0.2) is 14.6 Å². The number of hydrazone groups is 1. The summed E-state index contributed by atoms with van der Waals surface area (Å²) in [6.07, 6.45) is 1.33. The first kappa shape index (κ1) is 11.5. The number of halogens is 2. The second-order valence-corrected chi connectivity index (χ2v) is 3.02. The van der Waals surface area contributed by atoms with Crippen LogP contribution in [0.1, 0.15) is 5.56 Å². The summed E-state index contributed by atoms with van der Waals surface area (Å²) in [4.78, 5) is 10.7. The second kappa shape index (κ2) is 5.31. The van der Waals surface area contributed by atoms with E-state index in [0.29, 0.717) is 5.56 Å². The fourth-order valence-electron chi connectivity index (χ4n) is 0.823. The van der Waals surface area contributed by atoms with Gasteiger partial charge in [0.25, 0.3) is 0 Å². The number of nitrogens with zero attached hydrogens (tertiary/aromatic N) is 1. The van der Waals surface area contributed by atoms with Gasteiger partial charge in [0.1, 0.15) is 5.82 Å². The van der Waals surface area contributed by atoms with Crippen LogP contribution in [0.3, 0.4) is 0 Å². The van der Waals surface area contributed by atoms with Crippen LogP contribution in [0, 0.1) is 5.82 Å². The Labute approximate surface area is 91.1 Å². The van der Waals surface area contributed by atoms with Gasteiger partial charge in [0.2, 0.25) is 0 Å². The zero-order chi connectivity index (χ0) is 11.3. The molecular weight excluding hydrogens is 221 g/mol. The first-order chi connectivity index (χ1) is 7.13. The van der Waals surface area contributed by atoms with Gasteiger partial charge in [0, 0.05) is 12.6 Å². The quantitative estimate of drug-likeness (QED) is 0.589. The van der Waals surface area contributed by atoms with E-state index < -0.39 is 11.8 Å². The highest BCUT2D eigenvalue weighted by molar-refractivity contribution is 6.33. The maximum absolute atomic E-state index is 12.6. The average molecular weight is 230 g/mol. The monoisotopic (exact) mass is 229 g/mol. The van der Waals surface area contributed by atoms with Crippen molar-refractivity contribution < 1.29 is 9.18 Å². The molecule has 0 heterocycles. The van der Waals surface area contributed by atoms with Crippen LogP contribution >= 0.6 is 11.6 Å². The molecule has 0 saturated carbocycles. The molecule has 2 N–H and O–H groups in total. The highest BCUT2D eigenvalue weighted by Crippen LogP contribution is 2.14. The van der Waals surface area contributed by atoms with Crippen molar-refractivity contribution in [3.05, 3.63) is 34.6 Å². The minimum Gasteiger partial charge on any atom is -0.340 e. The number of carbonyl (C=O) groups is 1. The van der Waals surface area contributed by atoms with Crippen LogP contribution in [0.4, 0.5) is 9.18 Å². The topological polar surface area (TPSA) is 53.5 Å². The Morgan fingerprint density at radius 1 is 1.60 bits per heavy atom. The zero-order valence-electron chi connectivity index (χ0n) is 7.92. The van der Waals surface area contributed by atoms with Crippen molar-refractivity contribution in [3.8, 4) is 0 Å². The van der Waals surface area contributed by atoms with Gasteiger partial charge in [-0.2, -0.15) is 5.10 Å². The predicted molar refractivity (Wildman–Crippen MR) is 56.6 cm³/mol.